The summed E-state index contributed by atoms with van der Waals surface area (Å²) < 4.78 is 41.1. The molecule has 0 aliphatic rings. The SMILES string of the molecule is CNc1cc2[nH]c(=O)n(-c3ccc(N(C(N)=O)S(=O)(=O)c4ccc(Cl)s4)cc3)c(=O)c2cc1F. The average Bonchev–Trinajstić information content (AvgIpc) is 3.22. The van der Waals surface area contributed by atoms with Crippen LogP contribution in [0.2, 0.25) is 4.34 Å². The monoisotopic (exact) mass is 523 g/mol. The lowest BCUT2D eigenvalue weighted by Crippen LogP contribution is -2.40. The Kier molecular flexibility index (Phi) is 5.93. The molecule has 0 saturated heterocycles. The third-order valence-electron chi connectivity index (χ3n) is 4.84. The number of H-pyrrole nitrogens is 1. The van der Waals surface area contributed by atoms with E-state index in [1.807, 2.05) is 0 Å². The number of carbonyl (C=O) groups excluding carboxylic acids is 1. The number of nitrogens with zero attached hydrogens (tertiary/aromatic N) is 2. The summed E-state index contributed by atoms with van der Waals surface area (Å²) in [6.45, 7) is 0. The third-order valence-corrected chi connectivity index (χ3v) is 8.26. The van der Waals surface area contributed by atoms with Crippen LogP contribution in [-0.2, 0) is 10.0 Å². The van der Waals surface area contributed by atoms with Crippen LogP contribution in [0, 0.1) is 5.82 Å². The molecule has 0 spiro atoms. The second-order valence-electron chi connectivity index (χ2n) is 6.88. The number of aromatic nitrogens is 2. The molecule has 0 radical (unpaired) electrons. The highest BCUT2D eigenvalue weighted by Crippen LogP contribution is 2.31. The van der Waals surface area contributed by atoms with Crippen molar-refractivity contribution in [3.05, 3.63) is 79.5 Å². The molecule has 4 rings (SSSR count). The number of hydrogen-bond donors (Lipinski definition) is 3. The molecular formula is C20H15ClFN5O5S2. The van der Waals surface area contributed by atoms with Crippen LogP contribution in [0.4, 0.5) is 20.6 Å². The number of nitrogens with one attached hydrogen (secondary N) is 2. The first-order valence-corrected chi connectivity index (χ1v) is 12.0. The molecule has 4 N–H and O–H groups in total. The van der Waals surface area contributed by atoms with E-state index in [9.17, 15) is 27.2 Å². The van der Waals surface area contributed by atoms with E-state index in [1.165, 1.54) is 49.5 Å². The number of carbonyl (C=O) groups is 1. The maximum Gasteiger partial charge on any atom is 0.333 e. The molecular weight excluding hydrogens is 509 g/mol. The minimum Gasteiger partial charge on any atom is -0.386 e. The predicted octanol–water partition coefficient (Wildman–Crippen LogP) is 2.85. The minimum atomic E-state index is -4.36. The van der Waals surface area contributed by atoms with Crippen LogP contribution in [0.3, 0.4) is 0 Å². The van der Waals surface area contributed by atoms with Crippen molar-refractivity contribution in [1.29, 1.82) is 0 Å². The molecule has 0 atom stereocenters. The molecule has 10 nitrogen and oxygen atoms in total. The quantitative estimate of drug-likeness (QED) is 0.366. The fraction of sp³-hybridized carbons (Fsp3) is 0.0500. The van der Waals surface area contributed by atoms with E-state index >= 15 is 0 Å². The van der Waals surface area contributed by atoms with Gasteiger partial charge in [-0.15, -0.1) is 11.3 Å². The van der Waals surface area contributed by atoms with Crippen LogP contribution >= 0.6 is 22.9 Å². The first-order chi connectivity index (χ1) is 16.0. The Morgan fingerprint density at radius 2 is 1.85 bits per heavy atom. The van der Waals surface area contributed by atoms with Crippen LogP contribution < -0.4 is 26.6 Å². The van der Waals surface area contributed by atoms with Gasteiger partial charge in [0.2, 0.25) is 0 Å². The standard InChI is InChI=1S/C20H15ClFN5O5S2/c1-24-15-9-14-12(8-13(15)22)18(28)26(20(30)25-14)10-2-4-11(5-3-10)27(19(23)29)34(31,32)17-7-6-16(21)33-17/h2-9,24H,1H3,(H2,23,29)(H,25,30). The lowest BCUT2D eigenvalue weighted by Gasteiger charge is -2.19. The number of aromatic amines is 1. The lowest BCUT2D eigenvalue weighted by atomic mass is 10.2. The zero-order valence-corrected chi connectivity index (χ0v) is 19.6. The molecule has 34 heavy (non-hydrogen) atoms. The number of thiophene rings is 1. The van der Waals surface area contributed by atoms with Crippen LogP contribution in [0.1, 0.15) is 0 Å². The van der Waals surface area contributed by atoms with Crippen molar-refractivity contribution >= 4 is 61.3 Å². The number of rotatable bonds is 5. The largest absolute Gasteiger partial charge is 0.386 e. The van der Waals surface area contributed by atoms with Crippen molar-refractivity contribution in [3.63, 3.8) is 0 Å². The number of sulfonamides is 1. The lowest BCUT2D eigenvalue weighted by molar-refractivity contribution is 0.257. The highest BCUT2D eigenvalue weighted by Gasteiger charge is 2.31. The molecule has 0 saturated carbocycles. The van der Waals surface area contributed by atoms with Gasteiger partial charge in [0.25, 0.3) is 15.6 Å². The maximum atomic E-state index is 14.2. The topological polar surface area (TPSA) is 147 Å². The molecule has 176 valence electrons. The average molecular weight is 524 g/mol. The molecule has 0 aliphatic heterocycles. The Morgan fingerprint density at radius 1 is 1.18 bits per heavy atom. The maximum absolute atomic E-state index is 14.2. The predicted molar refractivity (Wildman–Crippen MR) is 128 cm³/mol. The van der Waals surface area contributed by atoms with Gasteiger partial charge in [-0.25, -0.2) is 18.5 Å². The van der Waals surface area contributed by atoms with E-state index in [1.54, 1.807) is 0 Å². The molecule has 4 aromatic rings. The summed E-state index contributed by atoms with van der Waals surface area (Å²) >= 11 is 6.56. The van der Waals surface area contributed by atoms with Gasteiger partial charge in [0.15, 0.2) is 0 Å². The summed E-state index contributed by atoms with van der Waals surface area (Å²) in [5, 5.41) is 2.55. The van der Waals surface area contributed by atoms with Gasteiger partial charge < -0.3 is 16.0 Å². The molecule has 0 aliphatic carbocycles. The van der Waals surface area contributed by atoms with E-state index in [0.29, 0.717) is 4.31 Å². The van der Waals surface area contributed by atoms with Crippen molar-refractivity contribution in [2.75, 3.05) is 16.7 Å². The number of fused-ring (bicyclic) bond motifs is 1. The van der Waals surface area contributed by atoms with Crippen LogP contribution in [0.25, 0.3) is 16.6 Å². The molecule has 14 heteroatoms. The van der Waals surface area contributed by atoms with Crippen molar-refractivity contribution in [2.45, 2.75) is 4.21 Å². The Hall–Kier alpha value is -3.68. The van der Waals surface area contributed by atoms with Crippen molar-refractivity contribution in [3.8, 4) is 5.69 Å². The highest BCUT2D eigenvalue weighted by atomic mass is 35.5. The highest BCUT2D eigenvalue weighted by molar-refractivity contribution is 7.95. The number of nitrogens with two attached hydrogens (primary N) is 1. The molecule has 2 aromatic heterocycles. The van der Waals surface area contributed by atoms with Gasteiger partial charge in [0.05, 0.1) is 32.3 Å². The second kappa shape index (κ2) is 8.59. The fourth-order valence-corrected chi connectivity index (χ4v) is 6.20. The summed E-state index contributed by atoms with van der Waals surface area (Å²) in [6.07, 6.45) is 0. The Bertz CT molecular complexity index is 1660. The van der Waals surface area contributed by atoms with E-state index in [0.717, 1.165) is 22.0 Å². The van der Waals surface area contributed by atoms with Gasteiger partial charge in [-0.05, 0) is 48.5 Å². The minimum absolute atomic E-state index is 0.0518. The number of amides is 2. The number of anilines is 2. The summed E-state index contributed by atoms with van der Waals surface area (Å²) in [4.78, 5) is 40.1. The molecule has 0 bridgehead atoms. The van der Waals surface area contributed by atoms with Gasteiger partial charge in [-0.2, -0.15) is 12.7 Å². The summed E-state index contributed by atoms with van der Waals surface area (Å²) in [6, 6.07) is 8.54. The number of benzene rings is 2. The molecule has 0 fully saturated rings. The van der Waals surface area contributed by atoms with Crippen molar-refractivity contribution < 1.29 is 17.6 Å². The Balaban J connectivity index is 1.81. The Labute approximate surface area is 200 Å². The molecule has 0 unspecified atom stereocenters. The van der Waals surface area contributed by atoms with Gasteiger partial charge in [-0.1, -0.05) is 11.6 Å². The first-order valence-electron chi connectivity index (χ1n) is 9.41. The van der Waals surface area contributed by atoms with Gasteiger partial charge >= 0.3 is 11.7 Å². The van der Waals surface area contributed by atoms with Gasteiger partial charge in [0.1, 0.15) is 10.0 Å². The van der Waals surface area contributed by atoms with Crippen molar-refractivity contribution in [1.82, 2.24) is 9.55 Å². The number of primary amides is 1. The number of hydrogen-bond acceptors (Lipinski definition) is 7. The molecule has 2 amide bonds. The zero-order chi connectivity index (χ0) is 24.8. The summed E-state index contributed by atoms with van der Waals surface area (Å²) in [7, 11) is -2.86. The number of urea groups is 1. The second-order valence-corrected chi connectivity index (χ2v) is 10.6. The van der Waals surface area contributed by atoms with Crippen molar-refractivity contribution in [2.24, 2.45) is 5.73 Å². The van der Waals surface area contributed by atoms with Crippen LogP contribution in [0.5, 0.6) is 0 Å². The fourth-order valence-electron chi connectivity index (χ4n) is 3.31. The van der Waals surface area contributed by atoms with Crippen LogP contribution in [-0.4, -0.2) is 31.0 Å². The smallest absolute Gasteiger partial charge is 0.333 e. The van der Waals surface area contributed by atoms with Gasteiger partial charge in [-0.3, -0.25) is 4.79 Å². The first kappa shape index (κ1) is 23.5. The summed E-state index contributed by atoms with van der Waals surface area (Å²) in [5.74, 6) is -0.683. The Morgan fingerprint density at radius 3 is 2.41 bits per heavy atom. The third kappa shape index (κ3) is 3.93. The summed E-state index contributed by atoms with van der Waals surface area (Å²) in [5.41, 5.74) is 3.89. The van der Waals surface area contributed by atoms with E-state index in [2.05, 4.69) is 10.3 Å². The molecule has 2 aromatic carbocycles. The van der Waals surface area contributed by atoms with E-state index in [-0.39, 0.29) is 36.5 Å². The number of halogens is 2. The van der Waals surface area contributed by atoms with Gasteiger partial charge in [0, 0.05) is 7.05 Å². The zero-order valence-electron chi connectivity index (χ0n) is 17.2. The molecule has 2 heterocycles. The van der Waals surface area contributed by atoms with E-state index < -0.39 is 33.1 Å². The van der Waals surface area contributed by atoms with Crippen LogP contribution in [0.15, 0.2) is 62.3 Å². The van der Waals surface area contributed by atoms with E-state index in [4.69, 9.17) is 17.3 Å². The normalized spacial score (nSPS) is 11.5.